The Labute approximate surface area is 187 Å². The Kier molecular flexibility index (Phi) is 6.66. The fraction of sp³-hybridized carbons (Fsp3) is 0.773. The summed E-state index contributed by atoms with van der Waals surface area (Å²) in [5.41, 5.74) is 0. The highest BCUT2D eigenvalue weighted by molar-refractivity contribution is 5.95. The fourth-order valence-electron chi connectivity index (χ4n) is 5.36. The SMILES string of the molecule is C[C@@H]1NC(=O)[C@@H]2CCCCN2C(=O)C2CCCN2C(=O)CCOC(=O)[C@@H]2CCCN2C1=O. The average Bonchev–Trinajstić information content (AvgIpc) is 3.47. The molecule has 1 unspecified atom stereocenters. The number of hydrogen-bond acceptors (Lipinski definition) is 6. The van der Waals surface area contributed by atoms with E-state index < -0.39 is 30.1 Å². The van der Waals surface area contributed by atoms with E-state index in [0.717, 1.165) is 19.3 Å². The maximum Gasteiger partial charge on any atom is 0.328 e. The van der Waals surface area contributed by atoms with Gasteiger partial charge in [0.2, 0.25) is 23.6 Å². The van der Waals surface area contributed by atoms with Gasteiger partial charge in [-0.25, -0.2) is 4.79 Å². The molecule has 4 aliphatic heterocycles. The van der Waals surface area contributed by atoms with Gasteiger partial charge in [-0.1, -0.05) is 0 Å². The van der Waals surface area contributed by atoms with Crippen LogP contribution in [-0.4, -0.2) is 94.7 Å². The Hall–Kier alpha value is -2.65. The zero-order valence-corrected chi connectivity index (χ0v) is 18.6. The van der Waals surface area contributed by atoms with Crippen molar-refractivity contribution in [1.82, 2.24) is 20.0 Å². The van der Waals surface area contributed by atoms with Gasteiger partial charge in [-0.15, -0.1) is 0 Å². The minimum absolute atomic E-state index is 0.00347. The van der Waals surface area contributed by atoms with Gasteiger partial charge < -0.3 is 24.8 Å². The van der Waals surface area contributed by atoms with E-state index in [4.69, 9.17) is 4.74 Å². The second-order valence-electron chi connectivity index (χ2n) is 9.13. The number of carbonyl (C=O) groups is 5. The summed E-state index contributed by atoms with van der Waals surface area (Å²) in [4.78, 5) is 69.5. The number of cyclic esters (lactones) is 1. The highest BCUT2D eigenvalue weighted by Crippen LogP contribution is 2.26. The van der Waals surface area contributed by atoms with Gasteiger partial charge in [0.1, 0.15) is 30.8 Å². The number of ether oxygens (including phenoxy) is 1. The van der Waals surface area contributed by atoms with Gasteiger partial charge in [-0.3, -0.25) is 19.2 Å². The van der Waals surface area contributed by atoms with E-state index in [2.05, 4.69) is 5.32 Å². The van der Waals surface area contributed by atoms with E-state index in [-0.39, 0.29) is 36.7 Å². The van der Waals surface area contributed by atoms with Crippen LogP contribution in [0.15, 0.2) is 0 Å². The third kappa shape index (κ3) is 4.31. The number of piperidine rings is 1. The molecule has 0 aromatic heterocycles. The van der Waals surface area contributed by atoms with Crippen molar-refractivity contribution < 1.29 is 28.7 Å². The number of amides is 4. The summed E-state index contributed by atoms with van der Waals surface area (Å²) in [6.07, 6.45) is 4.59. The van der Waals surface area contributed by atoms with Gasteiger partial charge in [0.05, 0.1) is 6.42 Å². The van der Waals surface area contributed by atoms with E-state index in [0.29, 0.717) is 45.3 Å². The summed E-state index contributed by atoms with van der Waals surface area (Å²) in [7, 11) is 0. The molecular formula is C22H32N4O6. The maximum absolute atomic E-state index is 13.4. The first-order chi connectivity index (χ1) is 15.4. The van der Waals surface area contributed by atoms with Crippen molar-refractivity contribution in [2.45, 2.75) is 82.5 Å². The third-order valence-corrected chi connectivity index (χ3v) is 7.04. The smallest absolute Gasteiger partial charge is 0.328 e. The Morgan fingerprint density at radius 3 is 2.16 bits per heavy atom. The van der Waals surface area contributed by atoms with E-state index in [9.17, 15) is 24.0 Å². The number of carbonyl (C=O) groups excluding carboxylic acids is 5. The highest BCUT2D eigenvalue weighted by atomic mass is 16.5. The standard InChI is InChI=1S/C22H32N4O6/c1-14-20(29)26-12-5-8-17(26)22(31)32-13-9-18(27)24-11-4-7-16(24)21(30)25-10-3-2-6-15(25)19(28)23-14/h14-17H,2-13H2,1H3,(H,23,28)/t14-,15-,16?,17-/m0/s1. The summed E-state index contributed by atoms with van der Waals surface area (Å²) in [5.74, 6) is -1.66. The van der Waals surface area contributed by atoms with E-state index >= 15 is 0 Å². The number of fused-ring (bicyclic) bond motifs is 3. The predicted octanol–water partition coefficient (Wildman–Crippen LogP) is -0.199. The zero-order chi connectivity index (χ0) is 22.8. The first-order valence-electron chi connectivity index (χ1n) is 11.8. The predicted molar refractivity (Wildman–Crippen MR) is 112 cm³/mol. The normalized spacial score (nSPS) is 32.9. The van der Waals surface area contributed by atoms with Gasteiger partial charge in [-0.05, 0) is 51.9 Å². The van der Waals surface area contributed by atoms with Crippen LogP contribution < -0.4 is 5.32 Å². The van der Waals surface area contributed by atoms with Crippen LogP contribution in [0.1, 0.15) is 58.3 Å². The molecular weight excluding hydrogens is 416 g/mol. The van der Waals surface area contributed by atoms with Crippen molar-refractivity contribution in [3.63, 3.8) is 0 Å². The van der Waals surface area contributed by atoms with Gasteiger partial charge in [0.25, 0.3) is 0 Å². The highest BCUT2D eigenvalue weighted by Gasteiger charge is 2.43. The Balaban J connectivity index is 1.60. The van der Waals surface area contributed by atoms with Crippen molar-refractivity contribution in [3.05, 3.63) is 0 Å². The van der Waals surface area contributed by atoms with Crippen LogP contribution in [0.25, 0.3) is 0 Å². The minimum Gasteiger partial charge on any atom is -0.464 e. The molecule has 0 spiro atoms. The molecule has 32 heavy (non-hydrogen) atoms. The molecule has 10 heteroatoms. The number of hydrogen-bond donors (Lipinski definition) is 1. The molecule has 0 aromatic rings. The number of nitrogens with one attached hydrogen (secondary N) is 1. The molecule has 4 heterocycles. The largest absolute Gasteiger partial charge is 0.464 e. The number of rotatable bonds is 0. The van der Waals surface area contributed by atoms with Gasteiger partial charge in [-0.2, -0.15) is 0 Å². The van der Waals surface area contributed by atoms with Crippen molar-refractivity contribution >= 4 is 29.6 Å². The summed E-state index contributed by atoms with van der Waals surface area (Å²) < 4.78 is 5.33. The van der Waals surface area contributed by atoms with Gasteiger partial charge >= 0.3 is 5.97 Å². The molecule has 4 fully saturated rings. The van der Waals surface area contributed by atoms with Crippen LogP contribution in [0.5, 0.6) is 0 Å². The van der Waals surface area contributed by atoms with Crippen LogP contribution in [0.4, 0.5) is 0 Å². The molecule has 10 nitrogen and oxygen atoms in total. The Morgan fingerprint density at radius 2 is 1.38 bits per heavy atom. The quantitative estimate of drug-likeness (QED) is 0.513. The second kappa shape index (κ2) is 9.46. The van der Waals surface area contributed by atoms with E-state index in [1.54, 1.807) is 16.7 Å². The molecule has 4 saturated heterocycles. The molecule has 176 valence electrons. The van der Waals surface area contributed by atoms with Gasteiger partial charge in [0.15, 0.2) is 0 Å². The molecule has 0 bridgehead atoms. The topological polar surface area (TPSA) is 116 Å². The van der Waals surface area contributed by atoms with E-state index in [1.165, 1.54) is 4.90 Å². The minimum atomic E-state index is -0.813. The first kappa shape index (κ1) is 22.5. The fourth-order valence-corrected chi connectivity index (χ4v) is 5.36. The Morgan fingerprint density at radius 1 is 0.750 bits per heavy atom. The molecule has 4 amide bonds. The van der Waals surface area contributed by atoms with Crippen LogP contribution in [0.2, 0.25) is 0 Å². The third-order valence-electron chi connectivity index (χ3n) is 7.04. The Bertz CT molecular complexity index is 801. The number of esters is 1. The van der Waals surface area contributed by atoms with Crippen molar-refractivity contribution in [2.24, 2.45) is 0 Å². The molecule has 0 saturated carbocycles. The van der Waals surface area contributed by atoms with Crippen molar-refractivity contribution in [1.29, 1.82) is 0 Å². The molecule has 0 aliphatic carbocycles. The summed E-state index contributed by atoms with van der Waals surface area (Å²) in [5, 5.41) is 2.77. The lowest BCUT2D eigenvalue weighted by Crippen LogP contribution is -2.59. The molecule has 0 radical (unpaired) electrons. The number of nitrogens with zero attached hydrogens (tertiary/aromatic N) is 3. The molecule has 4 atom stereocenters. The molecule has 1 N–H and O–H groups in total. The van der Waals surface area contributed by atoms with Crippen molar-refractivity contribution in [3.8, 4) is 0 Å². The maximum atomic E-state index is 13.4. The first-order valence-corrected chi connectivity index (χ1v) is 11.8. The molecule has 4 aliphatic rings. The lowest BCUT2D eigenvalue weighted by Gasteiger charge is -2.38. The molecule has 4 rings (SSSR count). The zero-order valence-electron chi connectivity index (χ0n) is 18.6. The second-order valence-corrected chi connectivity index (χ2v) is 9.13. The van der Waals surface area contributed by atoms with E-state index in [1.807, 2.05) is 0 Å². The monoisotopic (exact) mass is 448 g/mol. The van der Waals surface area contributed by atoms with Crippen LogP contribution in [0.3, 0.4) is 0 Å². The lowest BCUT2D eigenvalue weighted by atomic mass is 9.99. The molecule has 0 aromatic carbocycles. The summed E-state index contributed by atoms with van der Waals surface area (Å²) in [6, 6.07) is -2.76. The summed E-state index contributed by atoms with van der Waals surface area (Å²) in [6.45, 7) is 2.89. The van der Waals surface area contributed by atoms with Crippen LogP contribution in [-0.2, 0) is 28.7 Å². The average molecular weight is 449 g/mol. The lowest BCUT2D eigenvalue weighted by molar-refractivity contribution is -0.156. The van der Waals surface area contributed by atoms with Gasteiger partial charge in [0, 0.05) is 19.6 Å². The van der Waals surface area contributed by atoms with Crippen LogP contribution in [0, 0.1) is 0 Å². The van der Waals surface area contributed by atoms with Crippen LogP contribution >= 0.6 is 0 Å². The summed E-state index contributed by atoms with van der Waals surface area (Å²) >= 11 is 0. The van der Waals surface area contributed by atoms with Crippen molar-refractivity contribution in [2.75, 3.05) is 26.2 Å².